The van der Waals surface area contributed by atoms with E-state index in [-0.39, 0.29) is 28.9 Å². The number of rotatable bonds is 5. The second-order valence-electron chi connectivity index (χ2n) is 7.65. The van der Waals surface area contributed by atoms with Gasteiger partial charge in [-0.25, -0.2) is 9.07 Å². The number of carbonyl (C=O) groups excluding carboxylic acids is 1. The van der Waals surface area contributed by atoms with Gasteiger partial charge in [0.2, 0.25) is 5.43 Å². The first-order valence-corrected chi connectivity index (χ1v) is 9.74. The second kappa shape index (κ2) is 7.13. The molecule has 4 rings (SSSR count). The predicted molar refractivity (Wildman–Crippen MR) is 102 cm³/mol. The molecule has 0 radical (unpaired) electrons. The summed E-state index contributed by atoms with van der Waals surface area (Å²) in [6.45, 7) is 4.28. The van der Waals surface area contributed by atoms with Gasteiger partial charge in [0, 0.05) is 29.8 Å². The van der Waals surface area contributed by atoms with Crippen molar-refractivity contribution < 1.29 is 13.9 Å². The summed E-state index contributed by atoms with van der Waals surface area (Å²) in [5.41, 5.74) is -0.0400. The molecule has 1 spiro atoms. The molecule has 2 aromatic rings. The lowest BCUT2D eigenvalue weighted by molar-refractivity contribution is -0.169. The summed E-state index contributed by atoms with van der Waals surface area (Å²) in [5.74, 6) is -0.985. The molecular weight excluding hydrogens is 361 g/mol. The lowest BCUT2D eigenvalue weighted by Crippen LogP contribution is -2.67. The molecule has 2 aliphatic carbocycles. The van der Waals surface area contributed by atoms with Crippen LogP contribution in [0.1, 0.15) is 48.8 Å². The summed E-state index contributed by atoms with van der Waals surface area (Å²) in [5, 5.41) is 7.16. The van der Waals surface area contributed by atoms with Crippen molar-refractivity contribution in [2.45, 2.75) is 51.7 Å². The standard InChI is InChI=1S/C21H24FN3O3/c1-3-28-18-12-17(21(18)9-6-10-21)23-20(27)19-16(26)11-13(2)25(24-19)15-8-5-4-7-14(15)22/h4-5,7-8,11,17-18H,3,6,9-10,12H2,1-2H3,(H,23,27)/t17-,18-/m1/s1. The Morgan fingerprint density at radius 3 is 2.79 bits per heavy atom. The van der Waals surface area contributed by atoms with Crippen LogP contribution in [0.25, 0.3) is 5.69 Å². The summed E-state index contributed by atoms with van der Waals surface area (Å²) in [7, 11) is 0. The van der Waals surface area contributed by atoms with E-state index in [0.29, 0.717) is 12.3 Å². The Morgan fingerprint density at radius 1 is 1.39 bits per heavy atom. The van der Waals surface area contributed by atoms with Crippen LogP contribution in [0.5, 0.6) is 0 Å². The number of halogens is 1. The molecule has 0 aliphatic heterocycles. The van der Waals surface area contributed by atoms with Gasteiger partial charge in [-0.2, -0.15) is 5.10 Å². The second-order valence-corrected chi connectivity index (χ2v) is 7.65. The normalized spacial score (nSPS) is 22.4. The first-order chi connectivity index (χ1) is 13.5. The van der Waals surface area contributed by atoms with Crippen LogP contribution in [-0.2, 0) is 4.74 Å². The molecule has 2 atom stereocenters. The average molecular weight is 385 g/mol. The van der Waals surface area contributed by atoms with Crippen LogP contribution in [0.4, 0.5) is 4.39 Å². The van der Waals surface area contributed by atoms with Gasteiger partial charge in [-0.1, -0.05) is 18.6 Å². The summed E-state index contributed by atoms with van der Waals surface area (Å²) < 4.78 is 21.3. The minimum absolute atomic E-state index is 0.0130. The molecule has 2 aliphatic rings. The third-order valence-electron chi connectivity index (χ3n) is 6.15. The van der Waals surface area contributed by atoms with E-state index in [1.54, 1.807) is 25.1 Å². The van der Waals surface area contributed by atoms with E-state index in [4.69, 9.17) is 4.74 Å². The lowest BCUT2D eigenvalue weighted by atomic mass is 9.51. The van der Waals surface area contributed by atoms with Gasteiger partial charge in [0.1, 0.15) is 11.5 Å². The van der Waals surface area contributed by atoms with E-state index in [0.717, 1.165) is 25.7 Å². The lowest BCUT2D eigenvalue weighted by Gasteiger charge is -2.60. The van der Waals surface area contributed by atoms with E-state index < -0.39 is 17.2 Å². The highest BCUT2D eigenvalue weighted by Crippen LogP contribution is 2.57. The Morgan fingerprint density at radius 2 is 2.14 bits per heavy atom. The van der Waals surface area contributed by atoms with Gasteiger partial charge in [0.25, 0.3) is 5.91 Å². The van der Waals surface area contributed by atoms with Crippen LogP contribution in [0.2, 0.25) is 0 Å². The van der Waals surface area contributed by atoms with E-state index in [9.17, 15) is 14.0 Å². The largest absolute Gasteiger partial charge is 0.378 e. The predicted octanol–water partition coefficient (Wildman–Crippen LogP) is 2.76. The van der Waals surface area contributed by atoms with Crippen LogP contribution in [0.3, 0.4) is 0 Å². The highest BCUT2D eigenvalue weighted by atomic mass is 19.1. The number of para-hydroxylation sites is 1. The molecule has 28 heavy (non-hydrogen) atoms. The number of benzene rings is 1. The Bertz CT molecular complexity index is 968. The molecule has 0 saturated heterocycles. The third kappa shape index (κ3) is 2.94. The summed E-state index contributed by atoms with van der Waals surface area (Å²) in [6.07, 6.45) is 4.07. The van der Waals surface area contributed by atoms with Crippen LogP contribution in [0.15, 0.2) is 35.1 Å². The number of aromatic nitrogens is 2. The van der Waals surface area contributed by atoms with Crippen molar-refractivity contribution in [2.24, 2.45) is 5.41 Å². The number of amides is 1. The van der Waals surface area contributed by atoms with Gasteiger partial charge in [0.15, 0.2) is 5.69 Å². The fraction of sp³-hybridized carbons (Fsp3) is 0.476. The number of ether oxygens (including phenoxy) is 1. The van der Waals surface area contributed by atoms with Crippen LogP contribution < -0.4 is 10.7 Å². The van der Waals surface area contributed by atoms with Crippen molar-refractivity contribution in [3.8, 4) is 5.69 Å². The summed E-state index contributed by atoms with van der Waals surface area (Å²) in [4.78, 5) is 25.2. The van der Waals surface area contributed by atoms with Crippen molar-refractivity contribution in [3.63, 3.8) is 0 Å². The topological polar surface area (TPSA) is 73.2 Å². The van der Waals surface area contributed by atoms with Gasteiger partial charge in [-0.15, -0.1) is 0 Å². The molecule has 0 bridgehead atoms. The van der Waals surface area contributed by atoms with Crippen molar-refractivity contribution in [1.29, 1.82) is 0 Å². The zero-order chi connectivity index (χ0) is 19.9. The van der Waals surface area contributed by atoms with Gasteiger partial charge >= 0.3 is 0 Å². The van der Waals surface area contributed by atoms with Gasteiger partial charge < -0.3 is 10.1 Å². The van der Waals surface area contributed by atoms with Gasteiger partial charge in [-0.05, 0) is 45.2 Å². The molecule has 2 saturated carbocycles. The molecule has 1 amide bonds. The highest BCUT2D eigenvalue weighted by molar-refractivity contribution is 5.92. The Labute approximate surface area is 162 Å². The molecule has 1 aromatic carbocycles. The summed E-state index contributed by atoms with van der Waals surface area (Å²) >= 11 is 0. The maximum absolute atomic E-state index is 14.2. The number of aryl methyl sites for hydroxylation is 1. The van der Waals surface area contributed by atoms with Crippen LogP contribution >= 0.6 is 0 Å². The van der Waals surface area contributed by atoms with Crippen molar-refractivity contribution in [1.82, 2.24) is 15.1 Å². The number of nitrogens with zero attached hydrogens (tertiary/aromatic N) is 2. The fourth-order valence-electron chi connectivity index (χ4n) is 4.44. The van der Waals surface area contributed by atoms with Crippen molar-refractivity contribution in [3.05, 3.63) is 57.8 Å². The van der Waals surface area contributed by atoms with E-state index in [1.807, 2.05) is 6.92 Å². The molecule has 7 heteroatoms. The summed E-state index contributed by atoms with van der Waals surface area (Å²) in [6, 6.07) is 7.43. The quantitative estimate of drug-likeness (QED) is 0.859. The molecule has 0 unspecified atom stereocenters. The van der Waals surface area contributed by atoms with Gasteiger partial charge in [-0.3, -0.25) is 9.59 Å². The van der Waals surface area contributed by atoms with E-state index in [1.165, 1.54) is 16.8 Å². The minimum atomic E-state index is -0.513. The van der Waals surface area contributed by atoms with Crippen LogP contribution in [-0.4, -0.2) is 34.4 Å². The van der Waals surface area contributed by atoms with Crippen LogP contribution in [0, 0.1) is 18.2 Å². The minimum Gasteiger partial charge on any atom is -0.378 e. The highest BCUT2D eigenvalue weighted by Gasteiger charge is 2.59. The number of hydrogen-bond donors (Lipinski definition) is 1. The van der Waals surface area contributed by atoms with Crippen molar-refractivity contribution >= 4 is 5.91 Å². The SMILES string of the molecule is CCO[C@@H]1C[C@@H](NC(=O)c2nn(-c3ccccc3F)c(C)cc2=O)C12CCC2. The number of hydrogen-bond acceptors (Lipinski definition) is 4. The first kappa shape index (κ1) is 18.8. The monoisotopic (exact) mass is 385 g/mol. The molecular formula is C21H24FN3O3. The molecule has 6 nitrogen and oxygen atoms in total. The molecule has 2 fully saturated rings. The Hall–Kier alpha value is -2.54. The Kier molecular flexibility index (Phi) is 4.79. The zero-order valence-electron chi connectivity index (χ0n) is 16.1. The van der Waals surface area contributed by atoms with E-state index >= 15 is 0 Å². The van der Waals surface area contributed by atoms with Gasteiger partial charge in [0.05, 0.1) is 6.10 Å². The Balaban J connectivity index is 1.59. The third-order valence-corrected chi connectivity index (χ3v) is 6.15. The average Bonchev–Trinajstić information content (AvgIpc) is 2.60. The molecule has 1 heterocycles. The smallest absolute Gasteiger partial charge is 0.276 e. The zero-order valence-corrected chi connectivity index (χ0v) is 16.1. The molecule has 1 N–H and O–H groups in total. The first-order valence-electron chi connectivity index (χ1n) is 9.74. The number of nitrogens with one attached hydrogen (secondary N) is 1. The fourth-order valence-corrected chi connectivity index (χ4v) is 4.44. The maximum Gasteiger partial charge on any atom is 0.276 e. The van der Waals surface area contributed by atoms with Crippen molar-refractivity contribution in [2.75, 3.05) is 6.61 Å². The maximum atomic E-state index is 14.2. The van der Waals surface area contributed by atoms with E-state index in [2.05, 4.69) is 10.4 Å². The molecule has 1 aromatic heterocycles. The number of carbonyl (C=O) groups is 1. The molecule has 148 valence electrons.